The van der Waals surface area contributed by atoms with Gasteiger partial charge >= 0.3 is 11.9 Å². The van der Waals surface area contributed by atoms with Crippen LogP contribution < -0.4 is 0 Å². The van der Waals surface area contributed by atoms with E-state index in [1.54, 1.807) is 26.0 Å². The van der Waals surface area contributed by atoms with Gasteiger partial charge in [0.25, 0.3) is 0 Å². The molecular weight excluding hydrogens is 364 g/mol. The van der Waals surface area contributed by atoms with E-state index in [2.05, 4.69) is 11.8 Å². The van der Waals surface area contributed by atoms with Crippen molar-refractivity contribution in [2.45, 2.75) is 20.3 Å². The standard InChI is InChI=1S/C22H21ClO4/c1-3-26-21(24)20(22(25)27-4-2)15-18-8-6-5-7-17(18)12-9-16-10-13-19(23)14-11-16/h5-8,10-11,13-14,20H,3-4,15H2,1-2H3. The first-order chi connectivity index (χ1) is 13.0. The number of carbonyl (C=O) groups is 2. The SMILES string of the molecule is CCOC(=O)C(Cc1ccccc1C#Cc1ccc(Cl)cc1)C(=O)OCC. The molecule has 0 saturated carbocycles. The number of ether oxygens (including phenoxy) is 2. The minimum atomic E-state index is -1.01. The molecule has 0 aliphatic rings. The number of halogens is 1. The lowest BCUT2D eigenvalue weighted by molar-refractivity contribution is -0.161. The highest BCUT2D eigenvalue weighted by molar-refractivity contribution is 6.30. The number of benzene rings is 2. The van der Waals surface area contributed by atoms with Crippen LogP contribution in [0.2, 0.25) is 5.02 Å². The Labute approximate surface area is 164 Å². The Hall–Kier alpha value is -2.77. The van der Waals surface area contributed by atoms with Crippen molar-refractivity contribution in [2.24, 2.45) is 5.92 Å². The van der Waals surface area contributed by atoms with Gasteiger partial charge in [0, 0.05) is 16.1 Å². The predicted molar refractivity (Wildman–Crippen MR) is 104 cm³/mol. The Morgan fingerprint density at radius 2 is 1.52 bits per heavy atom. The van der Waals surface area contributed by atoms with E-state index in [-0.39, 0.29) is 19.6 Å². The molecule has 27 heavy (non-hydrogen) atoms. The quantitative estimate of drug-likeness (QED) is 0.428. The van der Waals surface area contributed by atoms with Crippen LogP contribution >= 0.6 is 11.6 Å². The number of esters is 2. The molecule has 4 nitrogen and oxygen atoms in total. The molecule has 0 amide bonds. The van der Waals surface area contributed by atoms with Crippen LogP contribution in [0.4, 0.5) is 0 Å². The summed E-state index contributed by atoms with van der Waals surface area (Å²) in [6.45, 7) is 3.80. The summed E-state index contributed by atoms with van der Waals surface area (Å²) in [5, 5.41) is 0.646. The van der Waals surface area contributed by atoms with E-state index in [0.29, 0.717) is 5.02 Å². The molecule has 2 aromatic carbocycles. The van der Waals surface area contributed by atoms with Crippen molar-refractivity contribution < 1.29 is 19.1 Å². The van der Waals surface area contributed by atoms with Gasteiger partial charge in [-0.2, -0.15) is 0 Å². The lowest BCUT2D eigenvalue weighted by Crippen LogP contribution is -2.30. The van der Waals surface area contributed by atoms with Crippen molar-refractivity contribution >= 4 is 23.5 Å². The lowest BCUT2D eigenvalue weighted by atomic mass is 9.95. The van der Waals surface area contributed by atoms with Gasteiger partial charge in [0.2, 0.25) is 0 Å². The van der Waals surface area contributed by atoms with Crippen molar-refractivity contribution in [3.8, 4) is 11.8 Å². The number of hydrogen-bond donors (Lipinski definition) is 0. The van der Waals surface area contributed by atoms with Crippen molar-refractivity contribution in [2.75, 3.05) is 13.2 Å². The van der Waals surface area contributed by atoms with Crippen molar-refractivity contribution in [3.05, 3.63) is 70.2 Å². The first-order valence-electron chi connectivity index (χ1n) is 8.73. The fourth-order valence-electron chi connectivity index (χ4n) is 2.46. The summed E-state index contributed by atoms with van der Waals surface area (Å²) in [4.78, 5) is 24.4. The van der Waals surface area contributed by atoms with E-state index in [1.165, 1.54) is 0 Å². The molecule has 0 bridgehead atoms. The molecule has 0 saturated heterocycles. The molecule has 0 N–H and O–H groups in total. The van der Waals surface area contributed by atoms with Crippen molar-refractivity contribution in [3.63, 3.8) is 0 Å². The van der Waals surface area contributed by atoms with E-state index in [4.69, 9.17) is 21.1 Å². The molecule has 140 valence electrons. The molecule has 0 heterocycles. The highest BCUT2D eigenvalue weighted by Gasteiger charge is 2.30. The smallest absolute Gasteiger partial charge is 0.320 e. The average Bonchev–Trinajstić information content (AvgIpc) is 2.66. The Bertz CT molecular complexity index is 829. The first kappa shape index (κ1) is 20.5. The summed E-state index contributed by atoms with van der Waals surface area (Å²) < 4.78 is 10.1. The highest BCUT2D eigenvalue weighted by atomic mass is 35.5. The van der Waals surface area contributed by atoms with Gasteiger partial charge in [0.1, 0.15) is 0 Å². The van der Waals surface area contributed by atoms with Crippen molar-refractivity contribution in [1.29, 1.82) is 0 Å². The Morgan fingerprint density at radius 3 is 2.11 bits per heavy atom. The molecule has 5 heteroatoms. The topological polar surface area (TPSA) is 52.6 Å². The summed E-state index contributed by atoms with van der Waals surface area (Å²) in [7, 11) is 0. The lowest BCUT2D eigenvalue weighted by Gasteiger charge is -2.15. The molecule has 0 radical (unpaired) electrons. The van der Waals surface area contributed by atoms with Gasteiger partial charge in [-0.05, 0) is 56.2 Å². The second kappa shape index (κ2) is 10.4. The van der Waals surface area contributed by atoms with Gasteiger partial charge in [-0.15, -0.1) is 0 Å². The molecule has 0 aliphatic carbocycles. The summed E-state index contributed by atoms with van der Waals surface area (Å²) in [5.74, 6) is 3.98. The second-order valence-electron chi connectivity index (χ2n) is 5.67. The molecule has 0 fully saturated rings. The van der Waals surface area contributed by atoms with Gasteiger partial charge in [-0.3, -0.25) is 9.59 Å². The van der Waals surface area contributed by atoms with Gasteiger partial charge in [-0.25, -0.2) is 0 Å². The molecule has 0 aromatic heterocycles. The van der Waals surface area contributed by atoms with Crippen LogP contribution in [0.3, 0.4) is 0 Å². The Morgan fingerprint density at radius 1 is 0.926 bits per heavy atom. The fraction of sp³-hybridized carbons (Fsp3) is 0.273. The molecule has 0 atom stereocenters. The number of carbonyl (C=O) groups excluding carboxylic acids is 2. The summed E-state index contributed by atoms with van der Waals surface area (Å²) in [6.07, 6.45) is 0.170. The van der Waals surface area contributed by atoms with Crippen molar-refractivity contribution in [1.82, 2.24) is 0 Å². The maximum absolute atomic E-state index is 12.2. The zero-order valence-electron chi connectivity index (χ0n) is 15.3. The molecule has 0 spiro atoms. The molecule has 2 aromatic rings. The van der Waals surface area contributed by atoms with Gasteiger partial charge in [-0.1, -0.05) is 41.6 Å². The minimum absolute atomic E-state index is 0.170. The maximum atomic E-state index is 12.2. The zero-order chi connectivity index (χ0) is 19.6. The van der Waals surface area contributed by atoms with Gasteiger partial charge in [0.05, 0.1) is 13.2 Å². The monoisotopic (exact) mass is 384 g/mol. The van der Waals surface area contributed by atoms with E-state index in [0.717, 1.165) is 16.7 Å². The maximum Gasteiger partial charge on any atom is 0.320 e. The third-order valence-electron chi connectivity index (χ3n) is 3.77. The fourth-order valence-corrected chi connectivity index (χ4v) is 2.59. The van der Waals surface area contributed by atoms with Crippen LogP contribution in [-0.2, 0) is 25.5 Å². The normalized spacial score (nSPS) is 10.1. The third kappa shape index (κ3) is 6.16. The summed E-state index contributed by atoms with van der Waals surface area (Å²) >= 11 is 5.89. The molecule has 2 rings (SSSR count). The number of rotatable bonds is 6. The van der Waals surface area contributed by atoms with Crippen LogP contribution in [0.5, 0.6) is 0 Å². The van der Waals surface area contributed by atoms with E-state index >= 15 is 0 Å². The Balaban J connectivity index is 2.28. The van der Waals surface area contributed by atoms with Gasteiger partial charge < -0.3 is 9.47 Å². The molecule has 0 unspecified atom stereocenters. The van der Waals surface area contributed by atoms with Crippen LogP contribution in [0.25, 0.3) is 0 Å². The molecular formula is C22H21ClO4. The van der Waals surface area contributed by atoms with Crippen LogP contribution in [-0.4, -0.2) is 25.2 Å². The van der Waals surface area contributed by atoms with Crippen LogP contribution in [0.1, 0.15) is 30.5 Å². The third-order valence-corrected chi connectivity index (χ3v) is 4.02. The van der Waals surface area contributed by atoms with E-state index in [1.807, 2.05) is 36.4 Å². The van der Waals surface area contributed by atoms with Crippen LogP contribution in [0.15, 0.2) is 48.5 Å². The second-order valence-corrected chi connectivity index (χ2v) is 6.11. The summed E-state index contributed by atoms with van der Waals surface area (Å²) in [6, 6.07) is 14.6. The zero-order valence-corrected chi connectivity index (χ0v) is 16.1. The van der Waals surface area contributed by atoms with E-state index in [9.17, 15) is 9.59 Å². The average molecular weight is 385 g/mol. The summed E-state index contributed by atoms with van der Waals surface area (Å²) in [5.41, 5.74) is 2.35. The van der Waals surface area contributed by atoms with E-state index < -0.39 is 17.9 Å². The predicted octanol–water partition coefficient (Wildman–Crippen LogP) is 4.02. The highest BCUT2D eigenvalue weighted by Crippen LogP contribution is 2.17. The first-order valence-corrected chi connectivity index (χ1v) is 9.11. The largest absolute Gasteiger partial charge is 0.465 e. The van der Waals surface area contributed by atoms with Crippen LogP contribution in [0, 0.1) is 17.8 Å². The minimum Gasteiger partial charge on any atom is -0.465 e. The number of hydrogen-bond acceptors (Lipinski definition) is 4. The van der Waals surface area contributed by atoms with Gasteiger partial charge in [0.15, 0.2) is 5.92 Å². The molecule has 0 aliphatic heterocycles. The Kier molecular flexibility index (Phi) is 7.91.